The van der Waals surface area contributed by atoms with Gasteiger partial charge in [-0.1, -0.05) is 17.3 Å². The van der Waals surface area contributed by atoms with Crippen molar-refractivity contribution in [2.24, 2.45) is 5.16 Å². The molecule has 0 aromatic heterocycles. The molecule has 0 radical (unpaired) electrons. The van der Waals surface area contributed by atoms with Gasteiger partial charge in [0.15, 0.2) is 0 Å². The first-order valence-corrected chi connectivity index (χ1v) is 6.61. The standard InChI is InChI=1S/C7H7NO2.2O.U/c9-7-4-2-1-3-6(7)5-8-10;;;/h1-5,9-10H;;;. The van der Waals surface area contributed by atoms with Crippen molar-refractivity contribution in [3.63, 3.8) is 0 Å². The summed E-state index contributed by atoms with van der Waals surface area (Å²) >= 11 is -2.51. The minimum atomic E-state index is -2.51. The van der Waals surface area contributed by atoms with E-state index in [1.54, 1.807) is 18.2 Å². The number of phenols is 1. The Morgan fingerprint density at radius 1 is 1.31 bits per heavy atom. The number of para-hydroxylation sites is 1. The van der Waals surface area contributed by atoms with E-state index < -0.39 is 27.8 Å². The molecule has 0 aliphatic heterocycles. The molecule has 1 aromatic carbocycles. The van der Waals surface area contributed by atoms with Gasteiger partial charge in [-0.15, -0.1) is 0 Å². The second kappa shape index (κ2) is 7.77. The van der Waals surface area contributed by atoms with Crippen LogP contribution in [0.3, 0.4) is 0 Å². The van der Waals surface area contributed by atoms with E-state index in [2.05, 4.69) is 5.16 Å². The maximum absolute atomic E-state index is 9.04. The van der Waals surface area contributed by atoms with Crippen LogP contribution in [0, 0.1) is 27.8 Å². The van der Waals surface area contributed by atoms with Gasteiger partial charge >= 0.3 is 32.3 Å². The third-order valence-electron chi connectivity index (χ3n) is 1.13. The summed E-state index contributed by atoms with van der Waals surface area (Å²) in [5, 5.41) is 19.9. The second-order valence-corrected chi connectivity index (χ2v) is 2.58. The van der Waals surface area contributed by atoms with Gasteiger partial charge in [-0.25, -0.2) is 0 Å². The molecule has 0 aliphatic carbocycles. The fourth-order valence-electron chi connectivity index (χ4n) is 0.659. The molecule has 0 saturated heterocycles. The van der Waals surface area contributed by atoms with Crippen LogP contribution in [0.25, 0.3) is 0 Å². The molecule has 0 unspecified atom stereocenters. The van der Waals surface area contributed by atoms with Crippen molar-refractivity contribution >= 4 is 6.21 Å². The molecule has 0 atom stereocenters. The van der Waals surface area contributed by atoms with Gasteiger partial charge in [0.1, 0.15) is 5.75 Å². The SMILES string of the molecule is ON=Cc1ccccc1O.[O]=[U]=[O]. The van der Waals surface area contributed by atoms with Crippen LogP contribution >= 0.6 is 0 Å². The van der Waals surface area contributed by atoms with Crippen LogP contribution in [0.4, 0.5) is 0 Å². The fourth-order valence-corrected chi connectivity index (χ4v) is 0.659. The summed E-state index contributed by atoms with van der Waals surface area (Å²) in [6, 6.07) is 6.62. The normalized spacial score (nSPS) is 8.62. The molecule has 0 saturated carbocycles. The molecular weight excluding hydrogens is 400 g/mol. The first kappa shape index (κ1) is 12.1. The van der Waals surface area contributed by atoms with Gasteiger partial charge in [-0.3, -0.25) is 0 Å². The summed E-state index contributed by atoms with van der Waals surface area (Å²) in [5.41, 5.74) is 0.505. The van der Waals surface area contributed by atoms with Crippen LogP contribution in [0.2, 0.25) is 0 Å². The molecule has 0 aliphatic rings. The van der Waals surface area contributed by atoms with E-state index in [1.807, 2.05) is 0 Å². The van der Waals surface area contributed by atoms with Crippen LogP contribution < -0.4 is 0 Å². The summed E-state index contributed by atoms with van der Waals surface area (Å²) in [4.78, 5) is 0. The van der Waals surface area contributed by atoms with Crippen molar-refractivity contribution in [3.05, 3.63) is 29.8 Å². The number of nitrogens with zero attached hydrogens (tertiary/aromatic N) is 1. The van der Waals surface area contributed by atoms with Crippen molar-refractivity contribution in [2.75, 3.05) is 0 Å². The Morgan fingerprint density at radius 2 is 1.85 bits per heavy atom. The zero-order chi connectivity index (χ0) is 10.1. The topological polar surface area (TPSA) is 87.0 Å². The Labute approximate surface area is 89.3 Å². The molecule has 1 aromatic rings. The van der Waals surface area contributed by atoms with Gasteiger partial charge in [0, 0.05) is 5.56 Å². The van der Waals surface area contributed by atoms with E-state index in [0.29, 0.717) is 5.56 Å². The van der Waals surface area contributed by atoms with E-state index in [-0.39, 0.29) is 5.75 Å². The van der Waals surface area contributed by atoms with E-state index in [1.165, 1.54) is 12.3 Å². The minimum absolute atomic E-state index is 0.111. The van der Waals surface area contributed by atoms with Crippen molar-refractivity contribution in [2.45, 2.75) is 0 Å². The summed E-state index contributed by atoms with van der Waals surface area (Å²) < 4.78 is 17.2. The number of benzene rings is 1. The maximum atomic E-state index is 9.04. The predicted molar refractivity (Wildman–Crippen MR) is 38.9 cm³/mol. The fraction of sp³-hybridized carbons (Fsp3) is 0. The first-order chi connectivity index (χ1) is 6.26. The van der Waals surface area contributed by atoms with Crippen LogP contribution in [-0.2, 0) is 4.47 Å². The van der Waals surface area contributed by atoms with E-state index in [9.17, 15) is 0 Å². The van der Waals surface area contributed by atoms with Gasteiger partial charge < -0.3 is 10.3 Å². The Morgan fingerprint density at radius 3 is 2.31 bits per heavy atom. The van der Waals surface area contributed by atoms with Gasteiger partial charge in [0.2, 0.25) is 0 Å². The Hall–Kier alpha value is -0.858. The quantitative estimate of drug-likeness (QED) is 0.413. The summed E-state index contributed by atoms with van der Waals surface area (Å²) in [6.07, 6.45) is 1.18. The number of hydrogen-bond donors (Lipinski definition) is 2. The molecule has 5 nitrogen and oxygen atoms in total. The van der Waals surface area contributed by atoms with Crippen LogP contribution in [0.15, 0.2) is 29.4 Å². The molecule has 0 heterocycles. The molecule has 0 fully saturated rings. The number of aromatic hydroxyl groups is 1. The number of hydrogen-bond acceptors (Lipinski definition) is 5. The zero-order valence-electron chi connectivity index (χ0n) is 6.54. The van der Waals surface area contributed by atoms with Gasteiger partial charge in [0.05, 0.1) is 6.21 Å². The Bertz CT molecular complexity index is 320. The van der Waals surface area contributed by atoms with Crippen molar-refractivity contribution in [1.82, 2.24) is 0 Å². The van der Waals surface area contributed by atoms with Crippen molar-refractivity contribution < 1.29 is 42.6 Å². The Kier molecular flexibility index (Phi) is 7.26. The third-order valence-corrected chi connectivity index (χ3v) is 1.13. The van der Waals surface area contributed by atoms with Gasteiger partial charge in [-0.05, 0) is 12.1 Å². The molecule has 6 heteroatoms. The molecular formula is C7H7NO4U. The summed E-state index contributed by atoms with van der Waals surface area (Å²) in [5.74, 6) is 0.111. The average Bonchev–Trinajstić information content (AvgIpc) is 2.11. The molecule has 0 bridgehead atoms. The van der Waals surface area contributed by atoms with Gasteiger partial charge in [-0.2, -0.15) is 0 Å². The molecule has 68 valence electrons. The molecule has 0 amide bonds. The first-order valence-electron chi connectivity index (χ1n) is 3.21. The Balaban J connectivity index is 0.000000424. The second-order valence-electron chi connectivity index (χ2n) is 1.89. The van der Waals surface area contributed by atoms with Crippen molar-refractivity contribution in [1.29, 1.82) is 0 Å². The monoisotopic (exact) mass is 407 g/mol. The van der Waals surface area contributed by atoms with E-state index in [0.717, 1.165) is 0 Å². The number of oxime groups is 1. The van der Waals surface area contributed by atoms with Crippen LogP contribution in [0.5, 0.6) is 5.75 Å². The molecule has 13 heavy (non-hydrogen) atoms. The molecule has 1 rings (SSSR count). The predicted octanol–water partition coefficient (Wildman–Crippen LogP) is 0.963. The average molecular weight is 407 g/mol. The zero-order valence-corrected chi connectivity index (χ0v) is 10.7. The molecule has 0 spiro atoms. The third kappa shape index (κ3) is 5.39. The van der Waals surface area contributed by atoms with E-state index >= 15 is 0 Å². The van der Waals surface area contributed by atoms with Crippen molar-refractivity contribution in [3.8, 4) is 5.75 Å². The van der Waals surface area contributed by atoms with Gasteiger partial charge in [0.25, 0.3) is 0 Å². The van der Waals surface area contributed by atoms with E-state index in [4.69, 9.17) is 14.8 Å². The number of phenolic OH excluding ortho intramolecular Hbond substituents is 1. The number of rotatable bonds is 1. The summed E-state index contributed by atoms with van der Waals surface area (Å²) in [6.45, 7) is 0. The summed E-state index contributed by atoms with van der Waals surface area (Å²) in [7, 11) is 0. The molecule has 2 N–H and O–H groups in total. The van der Waals surface area contributed by atoms with Crippen LogP contribution in [0.1, 0.15) is 5.56 Å². The van der Waals surface area contributed by atoms with Crippen LogP contribution in [-0.4, -0.2) is 16.5 Å².